The molecular weight excluding hydrogens is 163 g/mol. The highest BCUT2D eigenvalue weighted by Crippen LogP contribution is 2.12. The number of hydrogen-bond acceptors (Lipinski definition) is 0. The zero-order valence-electron chi connectivity index (χ0n) is 8.39. The van der Waals surface area contributed by atoms with Gasteiger partial charge >= 0.3 is 0 Å². The zero-order chi connectivity index (χ0) is 9.84. The lowest BCUT2D eigenvalue weighted by Gasteiger charge is -2.03. The van der Waals surface area contributed by atoms with Gasteiger partial charge in [0, 0.05) is 0 Å². The maximum absolute atomic E-state index is 12.9. The Morgan fingerprint density at radius 1 is 1.46 bits per heavy atom. The first-order valence-electron chi connectivity index (χ1n) is 4.50. The van der Waals surface area contributed by atoms with Crippen molar-refractivity contribution in [2.75, 3.05) is 0 Å². The minimum absolute atomic E-state index is 0.123. The van der Waals surface area contributed by atoms with Gasteiger partial charge < -0.3 is 0 Å². The molecule has 0 aliphatic carbocycles. The maximum atomic E-state index is 12.9. The highest BCUT2D eigenvalue weighted by Gasteiger charge is 1.99. The molecule has 0 nitrogen and oxygen atoms in total. The van der Waals surface area contributed by atoms with E-state index in [2.05, 4.69) is 13.0 Å². The lowest BCUT2D eigenvalue weighted by Crippen LogP contribution is -1.89. The van der Waals surface area contributed by atoms with Gasteiger partial charge in [-0.2, -0.15) is 0 Å². The Balaban J connectivity index is 2.86. The van der Waals surface area contributed by atoms with E-state index >= 15 is 0 Å². The average Bonchev–Trinajstić information content (AvgIpc) is 2.11. The van der Waals surface area contributed by atoms with Gasteiger partial charge in [0.2, 0.25) is 0 Å². The largest absolute Gasteiger partial charge is 0.207 e. The third-order valence-electron chi connectivity index (χ3n) is 2.20. The van der Waals surface area contributed by atoms with Crippen LogP contribution in [0.25, 0.3) is 0 Å². The van der Waals surface area contributed by atoms with Crippen molar-refractivity contribution in [3.8, 4) is 0 Å². The third-order valence-corrected chi connectivity index (χ3v) is 2.20. The van der Waals surface area contributed by atoms with Crippen LogP contribution < -0.4 is 0 Å². The molecule has 0 aliphatic rings. The summed E-state index contributed by atoms with van der Waals surface area (Å²) in [6, 6.07) is 5.28. The quantitative estimate of drug-likeness (QED) is 0.606. The van der Waals surface area contributed by atoms with Crippen molar-refractivity contribution >= 4 is 0 Å². The zero-order valence-corrected chi connectivity index (χ0v) is 8.39. The Morgan fingerprint density at radius 3 is 2.69 bits per heavy atom. The van der Waals surface area contributed by atoms with Crippen LogP contribution in [-0.2, 0) is 6.42 Å². The van der Waals surface area contributed by atoms with Crippen molar-refractivity contribution in [2.24, 2.45) is 0 Å². The molecule has 0 heterocycles. The Labute approximate surface area is 79.1 Å². The smallest absolute Gasteiger partial charge is 0.126 e. The Bertz CT molecular complexity index is 324. The van der Waals surface area contributed by atoms with E-state index in [0.717, 1.165) is 12.0 Å². The first kappa shape index (κ1) is 9.97. The van der Waals surface area contributed by atoms with Gasteiger partial charge in [0.25, 0.3) is 0 Å². The maximum Gasteiger partial charge on any atom is 0.126 e. The van der Waals surface area contributed by atoms with Crippen molar-refractivity contribution < 1.29 is 4.39 Å². The molecule has 0 spiro atoms. The summed E-state index contributed by atoms with van der Waals surface area (Å²) >= 11 is 0. The summed E-state index contributed by atoms with van der Waals surface area (Å²) in [5, 5.41) is 0. The van der Waals surface area contributed by atoms with Gasteiger partial charge in [0.15, 0.2) is 0 Å². The predicted molar refractivity (Wildman–Crippen MR) is 54.3 cm³/mol. The van der Waals surface area contributed by atoms with E-state index in [1.807, 2.05) is 19.1 Å². The summed E-state index contributed by atoms with van der Waals surface area (Å²) in [4.78, 5) is 0. The fourth-order valence-electron chi connectivity index (χ4n) is 1.24. The van der Waals surface area contributed by atoms with E-state index in [9.17, 15) is 4.39 Å². The van der Waals surface area contributed by atoms with E-state index in [-0.39, 0.29) is 5.82 Å². The third kappa shape index (κ3) is 2.69. The Morgan fingerprint density at radius 2 is 2.15 bits per heavy atom. The SMILES string of the molecule is C/C=C(\C)Cc1ccc(F)c(C)c1. The summed E-state index contributed by atoms with van der Waals surface area (Å²) in [5.74, 6) is -0.123. The molecule has 1 rings (SSSR count). The molecule has 13 heavy (non-hydrogen) atoms. The van der Waals surface area contributed by atoms with Gasteiger partial charge in [-0.3, -0.25) is 0 Å². The molecular formula is C12H15F. The predicted octanol–water partition coefficient (Wildman–Crippen LogP) is 3.64. The number of benzene rings is 1. The molecule has 0 unspecified atom stereocenters. The first-order valence-corrected chi connectivity index (χ1v) is 4.50. The van der Waals surface area contributed by atoms with Gasteiger partial charge in [-0.15, -0.1) is 0 Å². The van der Waals surface area contributed by atoms with E-state index in [0.29, 0.717) is 0 Å². The molecule has 70 valence electrons. The Kier molecular flexibility index (Phi) is 3.24. The highest BCUT2D eigenvalue weighted by atomic mass is 19.1. The van der Waals surface area contributed by atoms with Crippen LogP contribution in [-0.4, -0.2) is 0 Å². The summed E-state index contributed by atoms with van der Waals surface area (Å²) in [5.41, 5.74) is 3.21. The molecule has 1 heteroatoms. The second-order valence-corrected chi connectivity index (χ2v) is 3.40. The van der Waals surface area contributed by atoms with Crippen LogP contribution in [0.15, 0.2) is 29.8 Å². The molecule has 0 N–H and O–H groups in total. The highest BCUT2D eigenvalue weighted by molar-refractivity contribution is 5.27. The molecule has 0 aromatic heterocycles. The molecule has 0 amide bonds. The van der Waals surface area contributed by atoms with E-state index in [1.54, 1.807) is 6.92 Å². The molecule has 0 fully saturated rings. The molecule has 0 aliphatic heterocycles. The van der Waals surface area contributed by atoms with Gasteiger partial charge in [0.05, 0.1) is 0 Å². The van der Waals surface area contributed by atoms with Gasteiger partial charge in [0.1, 0.15) is 5.82 Å². The molecule has 0 saturated heterocycles. The van der Waals surface area contributed by atoms with E-state index in [1.165, 1.54) is 17.2 Å². The lowest BCUT2D eigenvalue weighted by molar-refractivity contribution is 0.617. The van der Waals surface area contributed by atoms with Crippen LogP contribution in [0.4, 0.5) is 4.39 Å². The van der Waals surface area contributed by atoms with Crippen molar-refractivity contribution in [1.82, 2.24) is 0 Å². The fraction of sp³-hybridized carbons (Fsp3) is 0.333. The lowest BCUT2D eigenvalue weighted by atomic mass is 10.0. The summed E-state index contributed by atoms with van der Waals surface area (Å²) in [7, 11) is 0. The normalized spacial score (nSPS) is 11.8. The van der Waals surface area contributed by atoms with Gasteiger partial charge in [-0.1, -0.05) is 23.8 Å². The van der Waals surface area contributed by atoms with Crippen LogP contribution in [0.3, 0.4) is 0 Å². The number of halogens is 1. The van der Waals surface area contributed by atoms with Crippen LogP contribution in [0.2, 0.25) is 0 Å². The fourth-order valence-corrected chi connectivity index (χ4v) is 1.24. The molecule has 1 aromatic carbocycles. The number of rotatable bonds is 2. The first-order chi connectivity index (χ1) is 6.13. The van der Waals surface area contributed by atoms with Crippen molar-refractivity contribution in [3.63, 3.8) is 0 Å². The second kappa shape index (κ2) is 4.22. The number of aryl methyl sites for hydroxylation is 1. The average molecular weight is 178 g/mol. The van der Waals surface area contributed by atoms with Crippen molar-refractivity contribution in [1.29, 1.82) is 0 Å². The van der Waals surface area contributed by atoms with Crippen molar-refractivity contribution in [2.45, 2.75) is 27.2 Å². The molecule has 1 aromatic rings. The topological polar surface area (TPSA) is 0 Å². The molecule has 0 saturated carbocycles. The standard InChI is InChI=1S/C12H15F/c1-4-9(2)7-11-5-6-12(13)10(3)8-11/h4-6,8H,7H2,1-3H3/b9-4+. The van der Waals surface area contributed by atoms with Crippen LogP contribution in [0, 0.1) is 12.7 Å². The second-order valence-electron chi connectivity index (χ2n) is 3.40. The monoisotopic (exact) mass is 178 g/mol. The minimum Gasteiger partial charge on any atom is -0.207 e. The number of hydrogen-bond donors (Lipinski definition) is 0. The summed E-state index contributed by atoms with van der Waals surface area (Å²) < 4.78 is 12.9. The summed E-state index contributed by atoms with van der Waals surface area (Å²) in [6.07, 6.45) is 3.00. The minimum atomic E-state index is -0.123. The van der Waals surface area contributed by atoms with Crippen molar-refractivity contribution in [3.05, 3.63) is 46.8 Å². The van der Waals surface area contributed by atoms with Crippen LogP contribution in [0.5, 0.6) is 0 Å². The molecule has 0 bridgehead atoms. The Hall–Kier alpha value is -1.11. The van der Waals surface area contributed by atoms with Crippen LogP contribution in [0.1, 0.15) is 25.0 Å². The van der Waals surface area contributed by atoms with Gasteiger partial charge in [-0.05, 0) is 44.4 Å². The van der Waals surface area contributed by atoms with E-state index in [4.69, 9.17) is 0 Å². The summed E-state index contributed by atoms with van der Waals surface area (Å²) in [6.45, 7) is 5.90. The molecule has 0 radical (unpaired) electrons. The van der Waals surface area contributed by atoms with E-state index < -0.39 is 0 Å². The van der Waals surface area contributed by atoms with Crippen LogP contribution >= 0.6 is 0 Å². The van der Waals surface area contributed by atoms with Gasteiger partial charge in [-0.25, -0.2) is 4.39 Å². The number of allylic oxidation sites excluding steroid dienone is 2. The molecule has 0 atom stereocenters.